The Balaban J connectivity index is 2.03. The lowest BCUT2D eigenvalue weighted by molar-refractivity contribution is -0.117. The van der Waals surface area contributed by atoms with Crippen LogP contribution in [-0.4, -0.2) is 39.6 Å². The number of thiazole rings is 1. The zero-order valence-corrected chi connectivity index (χ0v) is 16.3. The molecule has 2 N–H and O–H groups in total. The van der Waals surface area contributed by atoms with Crippen molar-refractivity contribution in [2.45, 2.75) is 53.5 Å². The molecule has 0 fully saturated rings. The van der Waals surface area contributed by atoms with E-state index in [0.717, 1.165) is 27.8 Å². The summed E-state index contributed by atoms with van der Waals surface area (Å²) in [6.07, 6.45) is 0. The number of carbonyl (C=O) groups is 1. The Morgan fingerprint density at radius 2 is 1.92 bits per heavy atom. The van der Waals surface area contributed by atoms with Gasteiger partial charge in [-0.2, -0.15) is 5.10 Å². The second kappa shape index (κ2) is 7.44. The zero-order valence-electron chi connectivity index (χ0n) is 15.5. The summed E-state index contributed by atoms with van der Waals surface area (Å²) in [6, 6.07) is 0.146. The molecule has 0 saturated carbocycles. The molecule has 24 heavy (non-hydrogen) atoms. The van der Waals surface area contributed by atoms with E-state index < -0.39 is 0 Å². The summed E-state index contributed by atoms with van der Waals surface area (Å²) in [5, 5.41) is 11.1. The van der Waals surface area contributed by atoms with Crippen molar-refractivity contribution in [1.82, 2.24) is 20.1 Å². The van der Waals surface area contributed by atoms with Gasteiger partial charge in [-0.25, -0.2) is 4.98 Å². The molecule has 0 saturated heterocycles. The van der Waals surface area contributed by atoms with Crippen LogP contribution in [0.15, 0.2) is 0 Å². The lowest BCUT2D eigenvalue weighted by Gasteiger charge is -2.23. The van der Waals surface area contributed by atoms with Gasteiger partial charge in [0, 0.05) is 16.8 Å². The maximum atomic E-state index is 12.4. The number of amides is 1. The fraction of sp³-hybridized carbons (Fsp3) is 0.588. The maximum Gasteiger partial charge on any atom is 0.238 e. The Kier molecular flexibility index (Phi) is 5.77. The van der Waals surface area contributed by atoms with Crippen molar-refractivity contribution >= 4 is 22.9 Å². The van der Waals surface area contributed by atoms with Crippen LogP contribution in [0.2, 0.25) is 0 Å². The molecule has 0 aliphatic rings. The number of likely N-dealkylation sites (N-methyl/N-ethyl adjacent to an activating group) is 1. The molecule has 6 nitrogen and oxygen atoms in total. The number of carbonyl (C=O) groups excluding carboxylic acids is 1. The first kappa shape index (κ1) is 18.6. The smallest absolute Gasteiger partial charge is 0.238 e. The normalized spacial score (nSPS) is 12.9. The number of hydrogen-bond donors (Lipinski definition) is 2. The molecular weight excluding hydrogens is 322 g/mol. The minimum absolute atomic E-state index is 0.0387. The second-order valence-electron chi connectivity index (χ2n) is 6.60. The van der Waals surface area contributed by atoms with Gasteiger partial charge in [-0.15, -0.1) is 11.3 Å². The van der Waals surface area contributed by atoms with Crippen molar-refractivity contribution in [3.05, 3.63) is 27.0 Å². The van der Waals surface area contributed by atoms with Crippen LogP contribution in [0.3, 0.4) is 0 Å². The van der Waals surface area contributed by atoms with Gasteiger partial charge in [-0.1, -0.05) is 13.8 Å². The van der Waals surface area contributed by atoms with Gasteiger partial charge in [0.25, 0.3) is 0 Å². The molecule has 0 radical (unpaired) electrons. The van der Waals surface area contributed by atoms with E-state index in [4.69, 9.17) is 0 Å². The molecular formula is C17H27N5OS. The summed E-state index contributed by atoms with van der Waals surface area (Å²) in [6.45, 7) is 12.6. The first-order valence-electron chi connectivity index (χ1n) is 8.19. The molecule has 2 heterocycles. The Hall–Kier alpha value is -1.73. The van der Waals surface area contributed by atoms with Crippen LogP contribution in [-0.2, 0) is 4.79 Å². The Bertz CT molecular complexity index is 699. The summed E-state index contributed by atoms with van der Waals surface area (Å²) in [5.41, 5.74) is 3.51. The molecule has 0 aromatic carbocycles. The highest BCUT2D eigenvalue weighted by atomic mass is 32.1. The molecule has 0 aliphatic carbocycles. The third-order valence-corrected chi connectivity index (χ3v) is 5.80. The van der Waals surface area contributed by atoms with Crippen LogP contribution >= 0.6 is 11.3 Å². The van der Waals surface area contributed by atoms with E-state index in [2.05, 4.69) is 41.3 Å². The predicted molar refractivity (Wildman–Crippen MR) is 98.7 cm³/mol. The fourth-order valence-electron chi connectivity index (χ4n) is 2.54. The summed E-state index contributed by atoms with van der Waals surface area (Å²) in [5.74, 6) is 0.387. The minimum atomic E-state index is -0.0387. The molecule has 7 heteroatoms. The van der Waals surface area contributed by atoms with Gasteiger partial charge in [0.2, 0.25) is 5.91 Å². The molecule has 2 aromatic rings. The third-order valence-electron chi connectivity index (χ3n) is 4.17. The number of anilines is 1. The number of nitrogens with zero attached hydrogens (tertiary/aromatic N) is 3. The van der Waals surface area contributed by atoms with Crippen LogP contribution in [0.25, 0.3) is 0 Å². The number of hydrogen-bond acceptors (Lipinski definition) is 5. The molecule has 132 valence electrons. The highest BCUT2D eigenvalue weighted by molar-refractivity contribution is 7.11. The number of H-pyrrole nitrogens is 1. The SMILES string of the molecule is Cc1nc(C(C)C)sc1[C@@H](C)N(C)CC(=O)Nc1c(C)n[nH]c1C. The first-order valence-corrected chi connectivity index (χ1v) is 9.01. The molecule has 0 bridgehead atoms. The molecule has 0 spiro atoms. The molecule has 1 amide bonds. The Morgan fingerprint density at radius 3 is 2.42 bits per heavy atom. The van der Waals surface area contributed by atoms with Gasteiger partial charge in [0.15, 0.2) is 0 Å². The topological polar surface area (TPSA) is 73.9 Å². The van der Waals surface area contributed by atoms with E-state index in [0.29, 0.717) is 12.5 Å². The van der Waals surface area contributed by atoms with Crippen molar-refractivity contribution in [2.24, 2.45) is 0 Å². The van der Waals surface area contributed by atoms with E-state index >= 15 is 0 Å². The van der Waals surface area contributed by atoms with Crippen LogP contribution in [0.1, 0.15) is 59.7 Å². The van der Waals surface area contributed by atoms with E-state index in [-0.39, 0.29) is 11.9 Å². The van der Waals surface area contributed by atoms with Crippen LogP contribution in [0.5, 0.6) is 0 Å². The standard InChI is InChI=1S/C17H27N5OS/c1-9(2)17-18-12(5)16(24-17)13(6)22(7)8-14(23)19-15-10(3)20-21-11(15)4/h9,13H,8H2,1-7H3,(H,19,23)(H,20,21)/t13-/m1/s1. The van der Waals surface area contributed by atoms with Crippen LogP contribution in [0, 0.1) is 20.8 Å². The second-order valence-corrected chi connectivity index (χ2v) is 7.67. The summed E-state index contributed by atoms with van der Waals surface area (Å²) in [7, 11) is 1.97. The highest BCUT2D eigenvalue weighted by Crippen LogP contribution is 2.31. The average molecular weight is 350 g/mol. The largest absolute Gasteiger partial charge is 0.322 e. The van der Waals surface area contributed by atoms with Crippen LogP contribution < -0.4 is 5.32 Å². The number of aromatic nitrogens is 3. The van der Waals surface area contributed by atoms with Gasteiger partial charge in [0.05, 0.1) is 34.3 Å². The number of aryl methyl sites for hydroxylation is 3. The minimum Gasteiger partial charge on any atom is -0.322 e. The zero-order chi connectivity index (χ0) is 18.0. The average Bonchev–Trinajstić information content (AvgIpc) is 3.04. The highest BCUT2D eigenvalue weighted by Gasteiger charge is 2.21. The Morgan fingerprint density at radius 1 is 1.25 bits per heavy atom. The van der Waals surface area contributed by atoms with Crippen molar-refractivity contribution in [3.63, 3.8) is 0 Å². The number of aromatic amines is 1. The van der Waals surface area contributed by atoms with Crippen molar-refractivity contribution in [2.75, 3.05) is 18.9 Å². The van der Waals surface area contributed by atoms with E-state index in [1.54, 1.807) is 11.3 Å². The lowest BCUT2D eigenvalue weighted by atomic mass is 10.2. The van der Waals surface area contributed by atoms with Gasteiger partial charge in [-0.3, -0.25) is 14.8 Å². The molecule has 0 unspecified atom stereocenters. The molecule has 2 rings (SSSR count). The third kappa shape index (κ3) is 4.02. The van der Waals surface area contributed by atoms with Gasteiger partial charge in [-0.05, 0) is 34.7 Å². The molecule has 2 aromatic heterocycles. The van der Waals surface area contributed by atoms with Crippen molar-refractivity contribution in [1.29, 1.82) is 0 Å². The molecule has 1 atom stereocenters. The maximum absolute atomic E-state index is 12.4. The summed E-state index contributed by atoms with van der Waals surface area (Å²) >= 11 is 1.74. The fourth-order valence-corrected chi connectivity index (χ4v) is 3.73. The van der Waals surface area contributed by atoms with E-state index in [1.807, 2.05) is 32.7 Å². The predicted octanol–water partition coefficient (Wildman–Crippen LogP) is 3.55. The van der Waals surface area contributed by atoms with Crippen molar-refractivity contribution < 1.29 is 4.79 Å². The first-order chi connectivity index (χ1) is 11.2. The summed E-state index contributed by atoms with van der Waals surface area (Å²) in [4.78, 5) is 20.3. The van der Waals surface area contributed by atoms with Gasteiger partial charge in [0.1, 0.15) is 0 Å². The number of nitrogens with one attached hydrogen (secondary N) is 2. The van der Waals surface area contributed by atoms with Crippen LogP contribution in [0.4, 0.5) is 5.69 Å². The monoisotopic (exact) mass is 349 g/mol. The summed E-state index contributed by atoms with van der Waals surface area (Å²) < 4.78 is 0. The van der Waals surface area contributed by atoms with Gasteiger partial charge >= 0.3 is 0 Å². The quantitative estimate of drug-likeness (QED) is 0.836. The Labute approximate surface area is 147 Å². The lowest BCUT2D eigenvalue weighted by Crippen LogP contribution is -2.32. The number of rotatable bonds is 6. The molecule has 0 aliphatic heterocycles. The van der Waals surface area contributed by atoms with E-state index in [9.17, 15) is 4.79 Å². The van der Waals surface area contributed by atoms with E-state index in [1.165, 1.54) is 4.88 Å². The van der Waals surface area contributed by atoms with Crippen molar-refractivity contribution in [3.8, 4) is 0 Å². The van der Waals surface area contributed by atoms with Gasteiger partial charge < -0.3 is 5.32 Å².